The molecule has 5 heteroatoms. The smallest absolute Gasteiger partial charge is 0.223 e. The summed E-state index contributed by atoms with van der Waals surface area (Å²) in [5, 5.41) is 4.05. The lowest BCUT2D eigenvalue weighted by molar-refractivity contribution is -0.133. The third-order valence-corrected chi connectivity index (χ3v) is 5.60. The first-order chi connectivity index (χ1) is 12.2. The summed E-state index contributed by atoms with van der Waals surface area (Å²) in [5.41, 5.74) is 2.80. The molecule has 1 fully saturated rings. The summed E-state index contributed by atoms with van der Waals surface area (Å²) >= 11 is 0. The number of rotatable bonds is 3. The SMILES string of the molecule is Cc1nc(C2CCCN(C(=O)CC3CCCc4ccccc43)C2)no1. The van der Waals surface area contributed by atoms with Gasteiger partial charge in [0.2, 0.25) is 11.8 Å². The van der Waals surface area contributed by atoms with Crippen LogP contribution in [0.5, 0.6) is 0 Å². The lowest BCUT2D eigenvalue weighted by Gasteiger charge is -2.33. The van der Waals surface area contributed by atoms with Crippen LogP contribution in [-0.2, 0) is 11.2 Å². The molecule has 0 N–H and O–H groups in total. The Kier molecular flexibility index (Phi) is 4.55. The minimum atomic E-state index is 0.203. The standard InChI is InChI=1S/C20H25N3O2/c1-14-21-20(22-25-14)17-9-5-11-23(13-17)19(24)12-16-8-4-7-15-6-2-3-10-18(15)16/h2-3,6,10,16-17H,4-5,7-9,11-13H2,1H3. The van der Waals surface area contributed by atoms with Gasteiger partial charge < -0.3 is 9.42 Å². The van der Waals surface area contributed by atoms with E-state index in [0.717, 1.165) is 38.1 Å². The molecule has 2 aliphatic rings. The average molecular weight is 339 g/mol. The zero-order chi connectivity index (χ0) is 17.2. The van der Waals surface area contributed by atoms with E-state index in [4.69, 9.17) is 4.52 Å². The topological polar surface area (TPSA) is 59.2 Å². The Balaban J connectivity index is 1.43. The summed E-state index contributed by atoms with van der Waals surface area (Å²) in [4.78, 5) is 19.3. The second kappa shape index (κ2) is 6.98. The van der Waals surface area contributed by atoms with Crippen LogP contribution in [0.3, 0.4) is 0 Å². The van der Waals surface area contributed by atoms with Crippen LogP contribution in [0.4, 0.5) is 0 Å². The number of aryl methyl sites for hydroxylation is 2. The number of fused-ring (bicyclic) bond motifs is 1. The minimum Gasteiger partial charge on any atom is -0.342 e. The lowest BCUT2D eigenvalue weighted by Crippen LogP contribution is -2.40. The number of carbonyl (C=O) groups is 1. The molecule has 4 rings (SSSR count). The molecule has 0 spiro atoms. The molecule has 5 nitrogen and oxygen atoms in total. The second-order valence-electron chi connectivity index (χ2n) is 7.34. The lowest BCUT2D eigenvalue weighted by atomic mass is 9.80. The quantitative estimate of drug-likeness (QED) is 0.857. The molecule has 2 aromatic rings. The fraction of sp³-hybridized carbons (Fsp3) is 0.550. The van der Waals surface area contributed by atoms with E-state index in [9.17, 15) is 4.79 Å². The van der Waals surface area contributed by atoms with Crippen molar-refractivity contribution >= 4 is 5.91 Å². The molecule has 132 valence electrons. The Labute approximate surface area is 148 Å². The molecule has 1 aromatic heterocycles. The van der Waals surface area contributed by atoms with Crippen LogP contribution in [0.1, 0.15) is 66.8 Å². The van der Waals surface area contributed by atoms with Gasteiger partial charge in [-0.25, -0.2) is 0 Å². The monoisotopic (exact) mass is 339 g/mol. The van der Waals surface area contributed by atoms with Gasteiger partial charge in [0.25, 0.3) is 0 Å². The molecule has 1 aromatic carbocycles. The van der Waals surface area contributed by atoms with Gasteiger partial charge in [0.15, 0.2) is 5.82 Å². The maximum atomic E-state index is 12.9. The van der Waals surface area contributed by atoms with E-state index in [1.807, 2.05) is 11.8 Å². The van der Waals surface area contributed by atoms with Gasteiger partial charge in [0.1, 0.15) is 0 Å². The molecule has 2 unspecified atom stereocenters. The Bertz CT molecular complexity index is 755. The fourth-order valence-electron chi connectivity index (χ4n) is 4.30. The van der Waals surface area contributed by atoms with Gasteiger partial charge >= 0.3 is 0 Å². The van der Waals surface area contributed by atoms with E-state index in [1.54, 1.807) is 0 Å². The molecule has 0 saturated carbocycles. The Morgan fingerprint density at radius 1 is 1.28 bits per heavy atom. The van der Waals surface area contributed by atoms with E-state index in [1.165, 1.54) is 17.5 Å². The van der Waals surface area contributed by atoms with Crippen molar-refractivity contribution in [2.75, 3.05) is 13.1 Å². The van der Waals surface area contributed by atoms with Crippen LogP contribution in [-0.4, -0.2) is 34.0 Å². The van der Waals surface area contributed by atoms with Gasteiger partial charge in [-0.15, -0.1) is 0 Å². The number of carbonyl (C=O) groups excluding carboxylic acids is 1. The molecule has 1 amide bonds. The van der Waals surface area contributed by atoms with Gasteiger partial charge in [-0.3, -0.25) is 4.79 Å². The molecular weight excluding hydrogens is 314 g/mol. The molecule has 0 bridgehead atoms. The highest BCUT2D eigenvalue weighted by atomic mass is 16.5. The average Bonchev–Trinajstić information content (AvgIpc) is 3.09. The van der Waals surface area contributed by atoms with Crippen molar-refractivity contribution in [2.45, 2.75) is 57.3 Å². The van der Waals surface area contributed by atoms with Crippen molar-refractivity contribution in [3.05, 3.63) is 47.1 Å². The Morgan fingerprint density at radius 2 is 2.16 bits per heavy atom. The first kappa shape index (κ1) is 16.3. The summed E-state index contributed by atoms with van der Waals surface area (Å²) < 4.78 is 5.11. The fourth-order valence-corrected chi connectivity index (χ4v) is 4.30. The highest BCUT2D eigenvalue weighted by molar-refractivity contribution is 5.77. The first-order valence-corrected chi connectivity index (χ1v) is 9.36. The van der Waals surface area contributed by atoms with Crippen molar-refractivity contribution in [1.82, 2.24) is 15.0 Å². The summed E-state index contributed by atoms with van der Waals surface area (Å²) in [6.07, 6.45) is 6.09. The summed E-state index contributed by atoms with van der Waals surface area (Å²) in [7, 11) is 0. The number of aromatic nitrogens is 2. The predicted octanol–water partition coefficient (Wildman–Crippen LogP) is 3.59. The van der Waals surface area contributed by atoms with Gasteiger partial charge in [-0.05, 0) is 49.1 Å². The van der Waals surface area contributed by atoms with E-state index in [0.29, 0.717) is 24.8 Å². The van der Waals surface area contributed by atoms with Crippen LogP contribution in [0.15, 0.2) is 28.8 Å². The maximum absolute atomic E-state index is 12.9. The molecule has 0 radical (unpaired) electrons. The van der Waals surface area contributed by atoms with E-state index in [-0.39, 0.29) is 11.8 Å². The molecule has 1 aliphatic carbocycles. The predicted molar refractivity (Wildman–Crippen MR) is 94.3 cm³/mol. The Morgan fingerprint density at radius 3 is 3.00 bits per heavy atom. The van der Waals surface area contributed by atoms with Crippen molar-refractivity contribution in [3.8, 4) is 0 Å². The summed E-state index contributed by atoms with van der Waals surface area (Å²) in [5.74, 6) is 2.18. The molecule has 2 heterocycles. The molecule has 2 atom stereocenters. The van der Waals surface area contributed by atoms with Crippen LogP contribution in [0, 0.1) is 6.92 Å². The van der Waals surface area contributed by atoms with E-state index < -0.39 is 0 Å². The molecular formula is C20H25N3O2. The molecule has 1 saturated heterocycles. The highest BCUT2D eigenvalue weighted by Crippen LogP contribution is 2.35. The highest BCUT2D eigenvalue weighted by Gasteiger charge is 2.30. The van der Waals surface area contributed by atoms with Crippen molar-refractivity contribution in [2.24, 2.45) is 0 Å². The molecule has 25 heavy (non-hydrogen) atoms. The zero-order valence-electron chi connectivity index (χ0n) is 14.8. The van der Waals surface area contributed by atoms with Crippen molar-refractivity contribution in [3.63, 3.8) is 0 Å². The Hall–Kier alpha value is -2.17. The van der Waals surface area contributed by atoms with Gasteiger partial charge in [0, 0.05) is 32.4 Å². The number of hydrogen-bond donors (Lipinski definition) is 0. The van der Waals surface area contributed by atoms with Crippen LogP contribution >= 0.6 is 0 Å². The van der Waals surface area contributed by atoms with Crippen LogP contribution < -0.4 is 0 Å². The largest absolute Gasteiger partial charge is 0.342 e. The number of hydrogen-bond acceptors (Lipinski definition) is 4. The third kappa shape index (κ3) is 3.46. The summed E-state index contributed by atoms with van der Waals surface area (Å²) in [6, 6.07) is 8.61. The number of nitrogens with zero attached hydrogens (tertiary/aromatic N) is 3. The summed E-state index contributed by atoms with van der Waals surface area (Å²) in [6.45, 7) is 3.37. The van der Waals surface area contributed by atoms with Gasteiger partial charge in [-0.1, -0.05) is 29.4 Å². The van der Waals surface area contributed by atoms with Crippen LogP contribution in [0.2, 0.25) is 0 Å². The van der Waals surface area contributed by atoms with Crippen molar-refractivity contribution in [1.29, 1.82) is 0 Å². The van der Waals surface area contributed by atoms with E-state index >= 15 is 0 Å². The number of benzene rings is 1. The number of piperidine rings is 1. The van der Waals surface area contributed by atoms with Gasteiger partial charge in [-0.2, -0.15) is 4.98 Å². The first-order valence-electron chi connectivity index (χ1n) is 9.36. The zero-order valence-corrected chi connectivity index (χ0v) is 14.8. The van der Waals surface area contributed by atoms with E-state index in [2.05, 4.69) is 34.4 Å². The number of likely N-dealkylation sites (tertiary alicyclic amines) is 1. The number of amides is 1. The van der Waals surface area contributed by atoms with Crippen molar-refractivity contribution < 1.29 is 9.32 Å². The maximum Gasteiger partial charge on any atom is 0.223 e. The third-order valence-electron chi connectivity index (χ3n) is 5.60. The normalized spacial score (nSPS) is 23.3. The minimum absolute atomic E-state index is 0.203. The second-order valence-corrected chi connectivity index (χ2v) is 7.34. The van der Waals surface area contributed by atoms with Gasteiger partial charge in [0.05, 0.1) is 0 Å². The molecule has 1 aliphatic heterocycles. The van der Waals surface area contributed by atoms with Crippen LogP contribution in [0.25, 0.3) is 0 Å².